The maximum Gasteiger partial charge on any atom is 0.224 e. The van der Waals surface area contributed by atoms with Crippen molar-refractivity contribution in [1.29, 1.82) is 0 Å². The normalized spacial score (nSPS) is 14.9. The van der Waals surface area contributed by atoms with Gasteiger partial charge in [0.1, 0.15) is 5.82 Å². The van der Waals surface area contributed by atoms with Crippen molar-refractivity contribution in [2.24, 2.45) is 4.99 Å². The number of nitrogens with one attached hydrogen (secondary N) is 3. The Labute approximate surface area is 171 Å². The predicted octanol–water partition coefficient (Wildman–Crippen LogP) is 3.96. The molecule has 3 rings (SSSR count). The number of hydrogen-bond acceptors (Lipinski definition) is 2. The van der Waals surface area contributed by atoms with Crippen LogP contribution in [0.1, 0.15) is 43.7 Å². The molecule has 0 spiro atoms. The van der Waals surface area contributed by atoms with Gasteiger partial charge in [-0.1, -0.05) is 37.3 Å². The molecule has 1 fully saturated rings. The van der Waals surface area contributed by atoms with Crippen LogP contribution in [0.25, 0.3) is 0 Å². The molecule has 0 aliphatic heterocycles. The zero-order chi connectivity index (χ0) is 20.7. The average Bonchev–Trinajstić information content (AvgIpc) is 3.50. The van der Waals surface area contributed by atoms with Gasteiger partial charge in [0, 0.05) is 37.7 Å². The van der Waals surface area contributed by atoms with Crippen molar-refractivity contribution in [3.63, 3.8) is 0 Å². The molecule has 1 aliphatic carbocycles. The lowest BCUT2D eigenvalue weighted by Gasteiger charge is -2.19. The summed E-state index contributed by atoms with van der Waals surface area (Å²) < 4.78 is 14.2. The van der Waals surface area contributed by atoms with Crippen LogP contribution in [0, 0.1) is 5.82 Å². The Morgan fingerprint density at radius 3 is 2.62 bits per heavy atom. The predicted molar refractivity (Wildman–Crippen MR) is 115 cm³/mol. The van der Waals surface area contributed by atoms with Crippen molar-refractivity contribution in [2.75, 3.05) is 18.9 Å². The third-order valence-electron chi connectivity index (χ3n) is 5.26. The third kappa shape index (κ3) is 5.56. The standard InChI is InChI=1S/C23H29FN4O/c1-3-7-21(29)28-18-9-6-8-17(14-18)15-26-22(25-2)27-16-23(12-13-23)19-10-4-5-11-20(19)24/h4-6,8-11,14H,3,7,12-13,15-16H2,1-2H3,(H,28,29)(H2,25,26,27). The van der Waals surface area contributed by atoms with E-state index in [0.717, 1.165) is 36.1 Å². The first-order chi connectivity index (χ1) is 14.1. The number of amides is 1. The molecule has 3 N–H and O–H groups in total. The maximum absolute atomic E-state index is 14.2. The summed E-state index contributed by atoms with van der Waals surface area (Å²) in [4.78, 5) is 16.1. The zero-order valence-corrected chi connectivity index (χ0v) is 17.1. The molecule has 29 heavy (non-hydrogen) atoms. The molecule has 0 bridgehead atoms. The van der Waals surface area contributed by atoms with Gasteiger partial charge in [0.2, 0.25) is 5.91 Å². The van der Waals surface area contributed by atoms with Crippen LogP contribution in [-0.2, 0) is 16.8 Å². The van der Waals surface area contributed by atoms with E-state index in [2.05, 4.69) is 20.9 Å². The van der Waals surface area contributed by atoms with Crippen molar-refractivity contribution in [1.82, 2.24) is 10.6 Å². The fourth-order valence-electron chi connectivity index (χ4n) is 3.45. The van der Waals surface area contributed by atoms with Gasteiger partial charge in [-0.2, -0.15) is 0 Å². The Balaban J connectivity index is 1.54. The zero-order valence-electron chi connectivity index (χ0n) is 17.1. The average molecular weight is 397 g/mol. The number of guanidine groups is 1. The fraction of sp³-hybridized carbons (Fsp3) is 0.391. The molecule has 0 aromatic heterocycles. The van der Waals surface area contributed by atoms with E-state index in [1.165, 1.54) is 6.07 Å². The summed E-state index contributed by atoms with van der Waals surface area (Å²) in [5.41, 5.74) is 2.46. The Morgan fingerprint density at radius 2 is 1.93 bits per heavy atom. The van der Waals surface area contributed by atoms with Crippen LogP contribution in [0.2, 0.25) is 0 Å². The number of nitrogens with zero attached hydrogens (tertiary/aromatic N) is 1. The van der Waals surface area contributed by atoms with Gasteiger partial charge < -0.3 is 16.0 Å². The summed E-state index contributed by atoms with van der Waals surface area (Å²) in [7, 11) is 1.72. The summed E-state index contributed by atoms with van der Waals surface area (Å²) in [6.07, 6.45) is 3.28. The molecule has 0 heterocycles. The lowest BCUT2D eigenvalue weighted by atomic mass is 9.95. The number of halogens is 1. The van der Waals surface area contributed by atoms with Crippen LogP contribution in [0.5, 0.6) is 0 Å². The van der Waals surface area contributed by atoms with Crippen LogP contribution in [0.4, 0.5) is 10.1 Å². The second-order valence-corrected chi connectivity index (χ2v) is 7.54. The molecule has 1 aliphatic rings. The molecule has 0 radical (unpaired) electrons. The van der Waals surface area contributed by atoms with E-state index in [0.29, 0.717) is 25.5 Å². The topological polar surface area (TPSA) is 65.5 Å². The Morgan fingerprint density at radius 1 is 1.14 bits per heavy atom. The molecule has 0 unspecified atom stereocenters. The lowest BCUT2D eigenvalue weighted by Crippen LogP contribution is -2.41. The first-order valence-electron chi connectivity index (χ1n) is 10.1. The minimum Gasteiger partial charge on any atom is -0.356 e. The molecular formula is C23H29FN4O. The highest BCUT2D eigenvalue weighted by Crippen LogP contribution is 2.48. The van der Waals surface area contributed by atoms with E-state index in [4.69, 9.17) is 0 Å². The number of hydrogen-bond donors (Lipinski definition) is 3. The largest absolute Gasteiger partial charge is 0.356 e. The van der Waals surface area contributed by atoms with Gasteiger partial charge in [0.05, 0.1) is 0 Å². The van der Waals surface area contributed by atoms with Gasteiger partial charge in [-0.25, -0.2) is 4.39 Å². The smallest absolute Gasteiger partial charge is 0.224 e. The van der Waals surface area contributed by atoms with E-state index in [1.807, 2.05) is 43.3 Å². The lowest BCUT2D eigenvalue weighted by molar-refractivity contribution is -0.116. The van der Waals surface area contributed by atoms with Crippen molar-refractivity contribution < 1.29 is 9.18 Å². The van der Waals surface area contributed by atoms with E-state index >= 15 is 0 Å². The van der Waals surface area contributed by atoms with Crippen molar-refractivity contribution in [2.45, 2.75) is 44.6 Å². The molecule has 1 saturated carbocycles. The summed E-state index contributed by atoms with van der Waals surface area (Å²) in [5.74, 6) is 0.558. The molecule has 5 nitrogen and oxygen atoms in total. The summed E-state index contributed by atoms with van der Waals surface area (Å²) in [5, 5.41) is 9.54. The van der Waals surface area contributed by atoms with E-state index in [9.17, 15) is 9.18 Å². The summed E-state index contributed by atoms with van der Waals surface area (Å²) in [6.45, 7) is 3.20. The molecule has 0 saturated heterocycles. The van der Waals surface area contributed by atoms with Gasteiger partial charge in [0.25, 0.3) is 0 Å². The quantitative estimate of drug-likeness (QED) is 0.467. The van der Waals surface area contributed by atoms with Crippen LogP contribution in [0.15, 0.2) is 53.5 Å². The minimum atomic E-state index is -0.146. The Kier molecular flexibility index (Phi) is 6.86. The van der Waals surface area contributed by atoms with Crippen molar-refractivity contribution in [3.8, 4) is 0 Å². The number of carbonyl (C=O) groups excluding carboxylic acids is 1. The SMILES string of the molecule is CCCC(=O)Nc1cccc(CNC(=NC)NCC2(c3ccccc3F)CC2)c1. The van der Waals surface area contributed by atoms with Crippen LogP contribution < -0.4 is 16.0 Å². The van der Waals surface area contributed by atoms with E-state index in [-0.39, 0.29) is 17.1 Å². The highest BCUT2D eigenvalue weighted by molar-refractivity contribution is 5.90. The van der Waals surface area contributed by atoms with E-state index in [1.54, 1.807) is 13.1 Å². The van der Waals surface area contributed by atoms with Gasteiger partial charge in [-0.15, -0.1) is 0 Å². The second-order valence-electron chi connectivity index (χ2n) is 7.54. The molecule has 0 atom stereocenters. The Bertz CT molecular complexity index is 877. The monoisotopic (exact) mass is 396 g/mol. The van der Waals surface area contributed by atoms with Gasteiger partial charge >= 0.3 is 0 Å². The van der Waals surface area contributed by atoms with Crippen LogP contribution in [-0.4, -0.2) is 25.5 Å². The van der Waals surface area contributed by atoms with Crippen molar-refractivity contribution >= 4 is 17.6 Å². The number of benzene rings is 2. The molecule has 154 valence electrons. The maximum atomic E-state index is 14.2. The van der Waals surface area contributed by atoms with Crippen molar-refractivity contribution in [3.05, 3.63) is 65.5 Å². The minimum absolute atomic E-state index is 0.0259. The first-order valence-corrected chi connectivity index (χ1v) is 10.1. The molecular weight excluding hydrogens is 367 g/mol. The number of carbonyl (C=O) groups is 1. The summed E-state index contributed by atoms with van der Waals surface area (Å²) >= 11 is 0. The second kappa shape index (κ2) is 9.54. The highest BCUT2D eigenvalue weighted by Gasteiger charge is 2.45. The van der Waals surface area contributed by atoms with E-state index < -0.39 is 0 Å². The number of aliphatic imine (C=N–C) groups is 1. The number of rotatable bonds is 8. The summed E-state index contributed by atoms with van der Waals surface area (Å²) in [6, 6.07) is 14.8. The molecule has 6 heteroatoms. The molecule has 1 amide bonds. The third-order valence-corrected chi connectivity index (χ3v) is 5.26. The van der Waals surface area contributed by atoms with Crippen LogP contribution >= 0.6 is 0 Å². The number of anilines is 1. The fourth-order valence-corrected chi connectivity index (χ4v) is 3.45. The van der Waals surface area contributed by atoms with Gasteiger partial charge in [-0.05, 0) is 48.6 Å². The van der Waals surface area contributed by atoms with Gasteiger partial charge in [0.15, 0.2) is 5.96 Å². The van der Waals surface area contributed by atoms with Gasteiger partial charge in [-0.3, -0.25) is 9.79 Å². The molecule has 2 aromatic carbocycles. The first kappa shape index (κ1) is 20.8. The Hall–Kier alpha value is -2.89. The highest BCUT2D eigenvalue weighted by atomic mass is 19.1. The van der Waals surface area contributed by atoms with Crippen LogP contribution in [0.3, 0.4) is 0 Å². The molecule has 2 aromatic rings.